The molecule has 1 aliphatic rings. The summed E-state index contributed by atoms with van der Waals surface area (Å²) >= 11 is 0. The molecule has 1 aromatic heterocycles. The molecule has 2 amide bonds. The van der Waals surface area contributed by atoms with Crippen LogP contribution in [0.1, 0.15) is 19.8 Å². The normalized spacial score (nSPS) is 17.1. The maximum Gasteiger partial charge on any atom is 0.419 e. The number of carbonyl (C=O) groups is 2. The van der Waals surface area contributed by atoms with Gasteiger partial charge in [0.2, 0.25) is 0 Å². The molecule has 3 rings (SSSR count). The summed E-state index contributed by atoms with van der Waals surface area (Å²) in [4.78, 5) is 37.0. The molecule has 2 heterocycles. The second kappa shape index (κ2) is 7.71. The van der Waals surface area contributed by atoms with Crippen molar-refractivity contribution in [3.8, 4) is 0 Å². The smallest absolute Gasteiger partial charge is 0.419 e. The lowest BCUT2D eigenvalue weighted by Crippen LogP contribution is -2.90. The maximum atomic E-state index is 12.1. The van der Waals surface area contributed by atoms with Gasteiger partial charge in [-0.1, -0.05) is 6.92 Å². The molecule has 0 radical (unpaired) electrons. The second-order valence-electron chi connectivity index (χ2n) is 6.19. The molecule has 1 saturated heterocycles. The Labute approximate surface area is 149 Å². The van der Waals surface area contributed by atoms with Crippen LogP contribution < -0.4 is 21.7 Å². The van der Waals surface area contributed by atoms with Crippen LogP contribution in [0.2, 0.25) is 0 Å². The highest BCUT2D eigenvalue weighted by Gasteiger charge is 2.34. The molecule has 1 aromatic carbocycles. The molecule has 140 valence electrons. The van der Waals surface area contributed by atoms with Crippen molar-refractivity contribution in [2.45, 2.75) is 32.4 Å². The number of oxazole rings is 1. The van der Waals surface area contributed by atoms with Crippen LogP contribution in [0.25, 0.3) is 11.1 Å². The van der Waals surface area contributed by atoms with E-state index in [-0.39, 0.29) is 12.0 Å². The first-order chi connectivity index (χ1) is 12.5. The Balaban J connectivity index is 1.77. The number of cyclic esters (lactones) is 1. The molecule has 0 bridgehead atoms. The van der Waals surface area contributed by atoms with Gasteiger partial charge >= 0.3 is 17.8 Å². The molecule has 0 aliphatic carbocycles. The minimum absolute atomic E-state index is 0.0292. The summed E-state index contributed by atoms with van der Waals surface area (Å²) < 4.78 is 12.1. The molecular weight excluding hydrogens is 340 g/mol. The van der Waals surface area contributed by atoms with Gasteiger partial charge in [0.1, 0.15) is 6.54 Å². The number of carbonyl (C=O) groups excluding carboxylic acids is 2. The molecule has 1 atom stereocenters. The fourth-order valence-corrected chi connectivity index (χ4v) is 2.95. The van der Waals surface area contributed by atoms with Gasteiger partial charge in [-0.2, -0.15) is 0 Å². The number of primary amides is 1. The Bertz CT molecular complexity index is 872. The summed E-state index contributed by atoms with van der Waals surface area (Å²) in [6.45, 7) is 3.48. The lowest BCUT2D eigenvalue weighted by molar-refractivity contribution is -0.575. The quantitative estimate of drug-likeness (QED) is 0.700. The molecule has 0 spiro atoms. The van der Waals surface area contributed by atoms with Crippen molar-refractivity contribution in [2.24, 2.45) is 5.73 Å². The van der Waals surface area contributed by atoms with Gasteiger partial charge < -0.3 is 14.9 Å². The Morgan fingerprint density at radius 1 is 1.38 bits per heavy atom. The predicted octanol–water partition coefficient (Wildman–Crippen LogP) is -0.231. The van der Waals surface area contributed by atoms with E-state index >= 15 is 0 Å². The third-order valence-electron chi connectivity index (χ3n) is 4.38. The number of hydrogen-bond acceptors (Lipinski definition) is 6. The monoisotopic (exact) mass is 363 g/mol. The summed E-state index contributed by atoms with van der Waals surface area (Å²) in [5.41, 5.74) is 7.16. The number of rotatable bonds is 7. The first-order valence-corrected chi connectivity index (χ1v) is 8.71. The minimum Gasteiger partial charge on any atom is -0.438 e. The van der Waals surface area contributed by atoms with Gasteiger partial charge in [-0.15, -0.1) is 0 Å². The lowest BCUT2D eigenvalue weighted by Gasteiger charge is -2.12. The first-order valence-electron chi connectivity index (χ1n) is 8.71. The van der Waals surface area contributed by atoms with Gasteiger partial charge in [0.25, 0.3) is 0 Å². The lowest BCUT2D eigenvalue weighted by atomic mass is 10.2. The molecule has 1 unspecified atom stereocenters. The van der Waals surface area contributed by atoms with Crippen molar-refractivity contribution in [3.05, 3.63) is 28.7 Å². The number of aryl methyl sites for hydroxylation is 1. The Morgan fingerprint density at radius 2 is 2.19 bits per heavy atom. The number of hydrogen-bond donors (Lipinski definition) is 2. The average molecular weight is 363 g/mol. The summed E-state index contributed by atoms with van der Waals surface area (Å²) in [5, 5.41) is 1.56. The van der Waals surface area contributed by atoms with E-state index < -0.39 is 11.8 Å². The molecule has 2 aromatic rings. The van der Waals surface area contributed by atoms with Crippen LogP contribution in [0.15, 0.2) is 27.4 Å². The van der Waals surface area contributed by atoms with Crippen molar-refractivity contribution in [1.29, 1.82) is 0 Å². The first kappa shape index (κ1) is 18.2. The Kier molecular flexibility index (Phi) is 5.38. The predicted molar refractivity (Wildman–Crippen MR) is 93.9 cm³/mol. The van der Waals surface area contributed by atoms with Crippen molar-refractivity contribution in [1.82, 2.24) is 4.57 Å². The molecule has 26 heavy (non-hydrogen) atoms. The van der Waals surface area contributed by atoms with Gasteiger partial charge in [0, 0.05) is 12.6 Å². The summed E-state index contributed by atoms with van der Waals surface area (Å²) in [5.74, 6) is -0.415. The average Bonchev–Trinajstić information content (AvgIpc) is 3.16. The zero-order valence-electron chi connectivity index (χ0n) is 14.6. The van der Waals surface area contributed by atoms with E-state index in [0.717, 1.165) is 0 Å². The number of quaternary nitrogens is 1. The van der Waals surface area contributed by atoms with Gasteiger partial charge in [-0.3, -0.25) is 14.8 Å². The zero-order valence-corrected chi connectivity index (χ0v) is 14.6. The van der Waals surface area contributed by atoms with Gasteiger partial charge in [-0.25, -0.2) is 14.4 Å². The van der Waals surface area contributed by atoms with Gasteiger partial charge in [0.15, 0.2) is 11.7 Å². The van der Waals surface area contributed by atoms with Crippen LogP contribution in [0.5, 0.6) is 0 Å². The summed E-state index contributed by atoms with van der Waals surface area (Å²) in [7, 11) is 0. The number of amides is 2. The van der Waals surface area contributed by atoms with Gasteiger partial charge in [-0.05, 0) is 25.1 Å². The molecule has 1 aliphatic heterocycles. The number of fused-ring (bicyclic) bond motifs is 1. The van der Waals surface area contributed by atoms with Crippen LogP contribution in [0.3, 0.4) is 0 Å². The Morgan fingerprint density at radius 3 is 2.92 bits per heavy atom. The second-order valence-corrected chi connectivity index (χ2v) is 6.19. The number of nitrogens with zero attached hydrogens (tertiary/aromatic N) is 2. The van der Waals surface area contributed by atoms with E-state index in [4.69, 9.17) is 14.9 Å². The SMILES string of the molecule is CCC(=O)[NH2+]CC1CN(c2ccc3c(c2)oc(=O)n3CCCN)C(=O)O1. The van der Waals surface area contributed by atoms with Crippen molar-refractivity contribution >= 4 is 28.8 Å². The van der Waals surface area contributed by atoms with E-state index in [1.807, 2.05) is 0 Å². The third-order valence-corrected chi connectivity index (χ3v) is 4.38. The van der Waals surface area contributed by atoms with E-state index in [1.165, 1.54) is 9.47 Å². The number of benzene rings is 1. The van der Waals surface area contributed by atoms with E-state index in [1.54, 1.807) is 30.4 Å². The minimum atomic E-state index is -0.475. The Hall–Kier alpha value is -2.65. The fraction of sp³-hybridized carbons (Fsp3) is 0.471. The molecule has 0 saturated carbocycles. The highest BCUT2D eigenvalue weighted by Crippen LogP contribution is 2.25. The van der Waals surface area contributed by atoms with Crippen molar-refractivity contribution in [3.63, 3.8) is 0 Å². The molecule has 9 nitrogen and oxygen atoms in total. The molecular formula is C17H23N4O5+. The number of aromatic nitrogens is 1. The zero-order chi connectivity index (χ0) is 18.7. The topological polar surface area (TPSA) is 124 Å². The molecule has 9 heteroatoms. The number of anilines is 1. The van der Waals surface area contributed by atoms with Crippen LogP contribution in [0.4, 0.5) is 10.5 Å². The summed E-state index contributed by atoms with van der Waals surface area (Å²) in [6.07, 6.45) is 0.261. The van der Waals surface area contributed by atoms with Crippen molar-refractivity contribution < 1.29 is 24.1 Å². The number of ether oxygens (including phenoxy) is 1. The molecule has 1 fully saturated rings. The summed E-state index contributed by atoms with van der Waals surface area (Å²) in [6, 6.07) is 5.15. The fourth-order valence-electron chi connectivity index (χ4n) is 2.95. The van der Waals surface area contributed by atoms with Crippen LogP contribution >= 0.6 is 0 Å². The third kappa shape index (κ3) is 3.63. The van der Waals surface area contributed by atoms with Crippen LogP contribution in [-0.4, -0.2) is 42.3 Å². The van der Waals surface area contributed by atoms with E-state index in [9.17, 15) is 14.4 Å². The highest BCUT2D eigenvalue weighted by atomic mass is 16.6. The van der Waals surface area contributed by atoms with E-state index in [2.05, 4.69) is 0 Å². The van der Waals surface area contributed by atoms with E-state index in [0.29, 0.717) is 55.8 Å². The van der Waals surface area contributed by atoms with Crippen LogP contribution in [0, 0.1) is 0 Å². The van der Waals surface area contributed by atoms with Crippen LogP contribution in [-0.2, 0) is 16.1 Å². The number of nitrogens with two attached hydrogens (primary N) is 2. The van der Waals surface area contributed by atoms with Gasteiger partial charge in [0.05, 0.1) is 24.2 Å². The largest absolute Gasteiger partial charge is 0.438 e. The molecule has 4 N–H and O–H groups in total. The standard InChI is InChI=1S/C17H22N4O5/c1-2-15(22)19-9-12-10-21(17(24)25-12)11-4-5-13-14(8-11)26-16(23)20(13)7-3-6-18/h4-5,8,12H,2-3,6-7,9-10,18H2,1H3,(H,19,22)/p+1. The maximum absolute atomic E-state index is 12.1. The highest BCUT2D eigenvalue weighted by molar-refractivity contribution is 5.92. The van der Waals surface area contributed by atoms with Crippen molar-refractivity contribution in [2.75, 3.05) is 24.5 Å².